The Labute approximate surface area is 174 Å². The summed E-state index contributed by atoms with van der Waals surface area (Å²) in [5.74, 6) is -0.00378. The molecular weight excluding hydrogens is 384 g/mol. The van der Waals surface area contributed by atoms with Crippen LogP contribution in [0.4, 0.5) is 0 Å². The lowest BCUT2D eigenvalue weighted by atomic mass is 10.1. The van der Waals surface area contributed by atoms with Crippen molar-refractivity contribution in [1.82, 2.24) is 14.8 Å². The summed E-state index contributed by atoms with van der Waals surface area (Å²) in [4.78, 5) is 16.6. The first-order chi connectivity index (χ1) is 14.5. The Morgan fingerprint density at radius 1 is 1.13 bits per heavy atom. The second kappa shape index (κ2) is 9.09. The zero-order valence-corrected chi connectivity index (χ0v) is 17.3. The van der Waals surface area contributed by atoms with Gasteiger partial charge in [-0.05, 0) is 44.5 Å². The molecular formula is C22H22N4O4. The quantitative estimate of drug-likeness (QED) is 0.438. The minimum absolute atomic E-state index is 0.113. The van der Waals surface area contributed by atoms with Gasteiger partial charge in [0.2, 0.25) is 11.8 Å². The van der Waals surface area contributed by atoms with Crippen molar-refractivity contribution in [3.8, 4) is 23.5 Å². The van der Waals surface area contributed by atoms with E-state index < -0.39 is 5.97 Å². The fourth-order valence-electron chi connectivity index (χ4n) is 3.04. The SMILES string of the molecule is COC(=O)c1c(C)nn(-c2ccccc2)c1OCCOc1nc(C)cc(C)c1C#N. The van der Waals surface area contributed by atoms with E-state index in [1.807, 2.05) is 50.2 Å². The third-order valence-corrected chi connectivity index (χ3v) is 4.39. The number of ether oxygens (including phenoxy) is 3. The van der Waals surface area contributed by atoms with E-state index in [2.05, 4.69) is 16.2 Å². The third kappa shape index (κ3) is 4.25. The van der Waals surface area contributed by atoms with Gasteiger partial charge in [-0.3, -0.25) is 0 Å². The van der Waals surface area contributed by atoms with Crippen molar-refractivity contribution in [3.63, 3.8) is 0 Å². The smallest absolute Gasteiger partial charge is 0.345 e. The van der Waals surface area contributed by atoms with E-state index in [1.165, 1.54) is 7.11 Å². The average molecular weight is 406 g/mol. The van der Waals surface area contributed by atoms with Gasteiger partial charge in [0, 0.05) is 5.69 Å². The number of nitriles is 1. The predicted octanol–water partition coefficient (Wildman–Crippen LogP) is 3.31. The predicted molar refractivity (Wildman–Crippen MR) is 109 cm³/mol. The first kappa shape index (κ1) is 20.9. The van der Waals surface area contributed by atoms with E-state index in [0.29, 0.717) is 11.3 Å². The minimum Gasteiger partial charge on any atom is -0.473 e. The van der Waals surface area contributed by atoms with Crippen LogP contribution in [0.3, 0.4) is 0 Å². The average Bonchev–Trinajstić information content (AvgIpc) is 3.07. The van der Waals surface area contributed by atoms with Crippen molar-refractivity contribution in [2.75, 3.05) is 20.3 Å². The lowest BCUT2D eigenvalue weighted by Crippen LogP contribution is -2.15. The van der Waals surface area contributed by atoms with Crippen LogP contribution in [-0.2, 0) is 4.74 Å². The van der Waals surface area contributed by atoms with Crippen LogP contribution in [0, 0.1) is 32.1 Å². The summed E-state index contributed by atoms with van der Waals surface area (Å²) in [7, 11) is 1.31. The van der Waals surface area contributed by atoms with Crippen molar-refractivity contribution < 1.29 is 19.0 Å². The van der Waals surface area contributed by atoms with Crippen molar-refractivity contribution in [2.24, 2.45) is 0 Å². The molecule has 2 aromatic heterocycles. The zero-order valence-electron chi connectivity index (χ0n) is 17.3. The Morgan fingerprint density at radius 3 is 2.50 bits per heavy atom. The molecule has 0 spiro atoms. The summed E-state index contributed by atoms with van der Waals surface area (Å²) in [6.07, 6.45) is 0. The second-order valence-electron chi connectivity index (χ2n) is 6.57. The normalized spacial score (nSPS) is 10.4. The van der Waals surface area contributed by atoms with E-state index in [0.717, 1.165) is 16.9 Å². The fourth-order valence-corrected chi connectivity index (χ4v) is 3.04. The molecule has 8 nitrogen and oxygen atoms in total. The highest BCUT2D eigenvalue weighted by atomic mass is 16.5. The Bertz CT molecular complexity index is 1100. The number of aromatic nitrogens is 3. The molecule has 2 heterocycles. The van der Waals surface area contributed by atoms with Gasteiger partial charge in [0.1, 0.15) is 30.4 Å². The number of methoxy groups -OCH3 is 1. The highest BCUT2D eigenvalue weighted by Gasteiger charge is 2.24. The van der Waals surface area contributed by atoms with Crippen LogP contribution in [-0.4, -0.2) is 41.1 Å². The van der Waals surface area contributed by atoms with Crippen LogP contribution in [0.2, 0.25) is 0 Å². The number of hydrogen-bond acceptors (Lipinski definition) is 7. The van der Waals surface area contributed by atoms with Gasteiger partial charge in [-0.1, -0.05) is 18.2 Å². The molecule has 30 heavy (non-hydrogen) atoms. The largest absolute Gasteiger partial charge is 0.473 e. The first-order valence-electron chi connectivity index (χ1n) is 9.33. The number of hydrogen-bond donors (Lipinski definition) is 0. The topological polar surface area (TPSA) is 99.3 Å². The molecule has 0 aliphatic rings. The number of carbonyl (C=O) groups is 1. The molecule has 0 atom stereocenters. The molecule has 1 aromatic carbocycles. The third-order valence-electron chi connectivity index (χ3n) is 4.39. The van der Waals surface area contributed by atoms with Gasteiger partial charge in [-0.25, -0.2) is 14.5 Å². The number of para-hydroxylation sites is 1. The standard InChI is InChI=1S/C22H22N4O4/c1-14-12-15(2)24-20(18(14)13-23)29-10-11-30-21-19(22(27)28-4)16(3)25-26(21)17-8-6-5-7-9-17/h5-9,12H,10-11H2,1-4H3. The molecule has 154 valence electrons. The number of rotatable bonds is 7. The molecule has 8 heteroatoms. The molecule has 0 saturated carbocycles. The van der Waals surface area contributed by atoms with E-state index in [9.17, 15) is 10.1 Å². The Balaban J connectivity index is 1.82. The second-order valence-corrected chi connectivity index (χ2v) is 6.57. The maximum Gasteiger partial charge on any atom is 0.345 e. The van der Waals surface area contributed by atoms with Gasteiger partial charge < -0.3 is 14.2 Å². The Hall–Kier alpha value is -3.86. The van der Waals surface area contributed by atoms with Crippen LogP contribution >= 0.6 is 0 Å². The van der Waals surface area contributed by atoms with E-state index in [-0.39, 0.29) is 30.5 Å². The minimum atomic E-state index is -0.534. The fraction of sp³-hybridized carbons (Fsp3) is 0.273. The van der Waals surface area contributed by atoms with Crippen LogP contribution in [0.15, 0.2) is 36.4 Å². The highest BCUT2D eigenvalue weighted by Crippen LogP contribution is 2.27. The summed E-state index contributed by atoms with van der Waals surface area (Å²) in [5.41, 5.74) is 3.43. The van der Waals surface area contributed by atoms with Crippen LogP contribution in [0.5, 0.6) is 11.8 Å². The Kier molecular flexibility index (Phi) is 6.32. The van der Waals surface area contributed by atoms with Crippen molar-refractivity contribution in [3.05, 3.63) is 64.5 Å². The van der Waals surface area contributed by atoms with E-state index in [1.54, 1.807) is 11.6 Å². The van der Waals surface area contributed by atoms with Crippen molar-refractivity contribution in [1.29, 1.82) is 5.26 Å². The summed E-state index contributed by atoms with van der Waals surface area (Å²) in [5, 5.41) is 13.8. The molecule has 3 aromatic rings. The molecule has 0 N–H and O–H groups in total. The maximum atomic E-state index is 12.3. The molecule has 0 bridgehead atoms. The number of nitrogens with zero attached hydrogens (tertiary/aromatic N) is 4. The van der Waals surface area contributed by atoms with E-state index in [4.69, 9.17) is 14.2 Å². The number of esters is 1. The summed E-state index contributed by atoms with van der Waals surface area (Å²) >= 11 is 0. The lowest BCUT2D eigenvalue weighted by molar-refractivity contribution is 0.0593. The molecule has 0 radical (unpaired) electrons. The lowest BCUT2D eigenvalue weighted by Gasteiger charge is -2.12. The number of aryl methyl sites for hydroxylation is 3. The monoisotopic (exact) mass is 406 g/mol. The summed E-state index contributed by atoms with van der Waals surface area (Å²) in [6.45, 7) is 5.63. The molecule has 0 aliphatic heterocycles. The molecule has 0 amide bonds. The maximum absolute atomic E-state index is 12.3. The number of benzene rings is 1. The Morgan fingerprint density at radius 2 is 1.83 bits per heavy atom. The molecule has 0 aliphatic carbocycles. The molecule has 0 unspecified atom stereocenters. The molecule has 0 saturated heterocycles. The summed E-state index contributed by atoms with van der Waals surface area (Å²) < 4.78 is 18.0. The highest BCUT2D eigenvalue weighted by molar-refractivity contribution is 5.93. The van der Waals surface area contributed by atoms with Gasteiger partial charge in [0.25, 0.3) is 0 Å². The van der Waals surface area contributed by atoms with Gasteiger partial charge in [-0.15, -0.1) is 0 Å². The van der Waals surface area contributed by atoms with Crippen molar-refractivity contribution in [2.45, 2.75) is 20.8 Å². The summed E-state index contributed by atoms with van der Waals surface area (Å²) in [6, 6.07) is 13.3. The van der Waals surface area contributed by atoms with E-state index >= 15 is 0 Å². The van der Waals surface area contributed by atoms with Gasteiger partial charge in [-0.2, -0.15) is 10.4 Å². The number of carbonyl (C=O) groups excluding carboxylic acids is 1. The number of pyridine rings is 1. The van der Waals surface area contributed by atoms with Gasteiger partial charge in [0.15, 0.2) is 0 Å². The van der Waals surface area contributed by atoms with Gasteiger partial charge in [0.05, 0.1) is 18.5 Å². The zero-order chi connectivity index (χ0) is 21.7. The van der Waals surface area contributed by atoms with Crippen LogP contribution in [0.1, 0.15) is 32.9 Å². The van der Waals surface area contributed by atoms with Gasteiger partial charge >= 0.3 is 5.97 Å². The van der Waals surface area contributed by atoms with Crippen LogP contribution < -0.4 is 9.47 Å². The molecule has 0 fully saturated rings. The first-order valence-corrected chi connectivity index (χ1v) is 9.33. The van der Waals surface area contributed by atoms with Crippen LogP contribution in [0.25, 0.3) is 5.69 Å². The molecule has 3 rings (SSSR count). The van der Waals surface area contributed by atoms with Crippen molar-refractivity contribution >= 4 is 5.97 Å².